The highest BCUT2D eigenvalue weighted by molar-refractivity contribution is 9.10. The Morgan fingerprint density at radius 1 is 1.44 bits per heavy atom. The van der Waals surface area contributed by atoms with Gasteiger partial charge in [0.25, 0.3) is 0 Å². The summed E-state index contributed by atoms with van der Waals surface area (Å²) in [6.45, 7) is 0. The highest BCUT2D eigenvalue weighted by atomic mass is 79.9. The standard InChI is InChI=1S/C10H10BrClO4/c11-6-2-1-5(3-7(6)12)10(16)8(13)4-9(14)15/h1-3,8,10,13,16H,4H2,(H,14,15). The summed E-state index contributed by atoms with van der Waals surface area (Å²) >= 11 is 9.00. The molecule has 0 fully saturated rings. The van der Waals surface area contributed by atoms with E-state index >= 15 is 0 Å². The summed E-state index contributed by atoms with van der Waals surface area (Å²) < 4.78 is 0.665. The Kier molecular flexibility index (Phi) is 4.73. The lowest BCUT2D eigenvalue weighted by Gasteiger charge is -2.16. The smallest absolute Gasteiger partial charge is 0.306 e. The van der Waals surface area contributed by atoms with Gasteiger partial charge in [-0.05, 0) is 33.6 Å². The van der Waals surface area contributed by atoms with Crippen LogP contribution in [0.25, 0.3) is 0 Å². The first-order valence-corrected chi connectivity index (χ1v) is 5.61. The van der Waals surface area contributed by atoms with Crippen LogP contribution in [0.15, 0.2) is 22.7 Å². The summed E-state index contributed by atoms with van der Waals surface area (Å²) in [6, 6.07) is 4.65. The Morgan fingerprint density at radius 3 is 2.56 bits per heavy atom. The minimum atomic E-state index is -1.35. The highest BCUT2D eigenvalue weighted by Gasteiger charge is 2.21. The molecule has 0 aromatic heterocycles. The highest BCUT2D eigenvalue weighted by Crippen LogP contribution is 2.27. The Balaban J connectivity index is 2.83. The second-order valence-electron chi connectivity index (χ2n) is 3.28. The summed E-state index contributed by atoms with van der Waals surface area (Å²) in [5.41, 5.74) is 0.377. The van der Waals surface area contributed by atoms with Crippen molar-refractivity contribution in [1.82, 2.24) is 0 Å². The fourth-order valence-electron chi connectivity index (χ4n) is 1.21. The van der Waals surface area contributed by atoms with Crippen molar-refractivity contribution in [1.29, 1.82) is 0 Å². The van der Waals surface area contributed by atoms with E-state index in [-0.39, 0.29) is 0 Å². The van der Waals surface area contributed by atoms with Gasteiger partial charge in [-0.1, -0.05) is 17.7 Å². The second-order valence-corrected chi connectivity index (χ2v) is 4.55. The number of benzene rings is 1. The molecule has 0 saturated carbocycles. The fourth-order valence-corrected chi connectivity index (χ4v) is 1.64. The summed E-state index contributed by atoms with van der Waals surface area (Å²) in [6.07, 6.45) is -3.13. The molecule has 0 aliphatic heterocycles. The van der Waals surface area contributed by atoms with Crippen molar-refractivity contribution < 1.29 is 20.1 Å². The van der Waals surface area contributed by atoms with Gasteiger partial charge >= 0.3 is 5.97 Å². The number of carboxylic acids is 1. The number of carbonyl (C=O) groups is 1. The van der Waals surface area contributed by atoms with E-state index in [9.17, 15) is 15.0 Å². The van der Waals surface area contributed by atoms with E-state index < -0.39 is 24.6 Å². The lowest BCUT2D eigenvalue weighted by Crippen LogP contribution is -2.21. The van der Waals surface area contributed by atoms with Gasteiger partial charge in [0.05, 0.1) is 17.5 Å². The van der Waals surface area contributed by atoms with Crippen molar-refractivity contribution in [3.8, 4) is 0 Å². The van der Waals surface area contributed by atoms with Crippen LogP contribution in [-0.2, 0) is 4.79 Å². The number of aliphatic hydroxyl groups is 2. The third kappa shape index (κ3) is 3.45. The summed E-state index contributed by atoms with van der Waals surface area (Å²) in [7, 11) is 0. The van der Waals surface area contributed by atoms with Gasteiger partial charge in [-0.15, -0.1) is 0 Å². The Bertz CT molecular complexity index is 396. The molecule has 4 nitrogen and oxygen atoms in total. The van der Waals surface area contributed by atoms with Crippen LogP contribution in [0.3, 0.4) is 0 Å². The normalized spacial score (nSPS) is 14.5. The van der Waals surface area contributed by atoms with Gasteiger partial charge in [-0.3, -0.25) is 4.79 Å². The van der Waals surface area contributed by atoms with E-state index in [1.807, 2.05) is 0 Å². The number of carboxylic acid groups (broad SMARTS) is 1. The van der Waals surface area contributed by atoms with E-state index in [0.29, 0.717) is 15.1 Å². The quantitative estimate of drug-likeness (QED) is 0.794. The minimum Gasteiger partial charge on any atom is -0.481 e. The van der Waals surface area contributed by atoms with Gasteiger partial charge in [0.15, 0.2) is 0 Å². The maximum atomic E-state index is 10.4. The maximum absolute atomic E-state index is 10.4. The van der Waals surface area contributed by atoms with Crippen molar-refractivity contribution >= 4 is 33.5 Å². The lowest BCUT2D eigenvalue weighted by molar-refractivity contribution is -0.141. The molecule has 3 N–H and O–H groups in total. The molecule has 1 rings (SSSR count). The van der Waals surface area contributed by atoms with Crippen molar-refractivity contribution in [3.05, 3.63) is 33.3 Å². The van der Waals surface area contributed by atoms with Crippen LogP contribution in [0.5, 0.6) is 0 Å². The van der Waals surface area contributed by atoms with E-state index in [0.717, 1.165) is 0 Å². The number of hydrogen-bond acceptors (Lipinski definition) is 3. The first-order valence-electron chi connectivity index (χ1n) is 4.44. The van der Waals surface area contributed by atoms with E-state index in [4.69, 9.17) is 16.7 Å². The predicted molar refractivity (Wildman–Crippen MR) is 62.4 cm³/mol. The Morgan fingerprint density at radius 2 is 2.06 bits per heavy atom. The number of halogens is 2. The minimum absolute atomic E-state index is 0.377. The van der Waals surface area contributed by atoms with Gasteiger partial charge in [0.1, 0.15) is 6.10 Å². The average Bonchev–Trinajstić information content (AvgIpc) is 2.20. The third-order valence-electron chi connectivity index (χ3n) is 2.03. The molecular weight excluding hydrogens is 299 g/mol. The van der Waals surface area contributed by atoms with E-state index in [1.165, 1.54) is 6.07 Å². The van der Waals surface area contributed by atoms with Crippen LogP contribution in [-0.4, -0.2) is 27.4 Å². The largest absolute Gasteiger partial charge is 0.481 e. The van der Waals surface area contributed by atoms with Crippen LogP contribution in [0.2, 0.25) is 5.02 Å². The molecule has 0 aliphatic carbocycles. The zero-order valence-electron chi connectivity index (χ0n) is 8.10. The number of aliphatic carboxylic acids is 1. The second kappa shape index (κ2) is 5.63. The van der Waals surface area contributed by atoms with Gasteiger partial charge in [0, 0.05) is 4.47 Å². The van der Waals surface area contributed by atoms with Gasteiger partial charge in [-0.25, -0.2) is 0 Å². The molecule has 2 atom stereocenters. The molecule has 16 heavy (non-hydrogen) atoms. The van der Waals surface area contributed by atoms with E-state index in [1.54, 1.807) is 12.1 Å². The van der Waals surface area contributed by atoms with E-state index in [2.05, 4.69) is 15.9 Å². The molecular formula is C10H10BrClO4. The average molecular weight is 310 g/mol. The Labute approximate surface area is 106 Å². The summed E-state index contributed by atoms with van der Waals surface area (Å²) in [5, 5.41) is 27.9. The maximum Gasteiger partial charge on any atom is 0.306 e. The molecule has 2 unspecified atom stereocenters. The van der Waals surface area contributed by atoms with Crippen molar-refractivity contribution in [2.75, 3.05) is 0 Å². The number of hydrogen-bond donors (Lipinski definition) is 3. The summed E-state index contributed by atoms with van der Waals surface area (Å²) in [4.78, 5) is 10.4. The van der Waals surface area contributed by atoms with Crippen LogP contribution in [0, 0.1) is 0 Å². The fraction of sp³-hybridized carbons (Fsp3) is 0.300. The summed E-state index contributed by atoms with van der Waals surface area (Å²) in [5.74, 6) is -1.17. The third-order valence-corrected chi connectivity index (χ3v) is 3.27. The van der Waals surface area contributed by atoms with Crippen LogP contribution in [0.1, 0.15) is 18.1 Å². The first kappa shape index (κ1) is 13.4. The van der Waals surface area contributed by atoms with Gasteiger partial charge in [-0.2, -0.15) is 0 Å². The molecule has 0 saturated heterocycles. The molecule has 0 heterocycles. The van der Waals surface area contributed by atoms with Crippen LogP contribution < -0.4 is 0 Å². The predicted octanol–water partition coefficient (Wildman–Crippen LogP) is 1.97. The Hall–Kier alpha value is -0.620. The molecule has 1 aromatic carbocycles. The molecule has 6 heteroatoms. The first-order chi connectivity index (χ1) is 7.41. The molecule has 1 aromatic rings. The topological polar surface area (TPSA) is 77.8 Å². The van der Waals surface area contributed by atoms with Crippen LogP contribution in [0.4, 0.5) is 0 Å². The SMILES string of the molecule is O=C(O)CC(O)C(O)c1ccc(Br)c(Cl)c1. The molecule has 88 valence electrons. The number of rotatable bonds is 4. The zero-order valence-corrected chi connectivity index (χ0v) is 10.4. The zero-order chi connectivity index (χ0) is 12.3. The molecule has 0 amide bonds. The molecule has 0 bridgehead atoms. The van der Waals surface area contributed by atoms with Crippen LogP contribution >= 0.6 is 27.5 Å². The van der Waals surface area contributed by atoms with Crippen molar-refractivity contribution in [2.24, 2.45) is 0 Å². The lowest BCUT2D eigenvalue weighted by atomic mass is 10.0. The molecule has 0 aliphatic rings. The van der Waals surface area contributed by atoms with Gasteiger partial charge < -0.3 is 15.3 Å². The number of aliphatic hydroxyl groups excluding tert-OH is 2. The van der Waals surface area contributed by atoms with Crippen molar-refractivity contribution in [2.45, 2.75) is 18.6 Å². The molecule has 0 radical (unpaired) electrons. The van der Waals surface area contributed by atoms with Gasteiger partial charge in [0.2, 0.25) is 0 Å². The monoisotopic (exact) mass is 308 g/mol. The van der Waals surface area contributed by atoms with Crippen molar-refractivity contribution in [3.63, 3.8) is 0 Å². The molecule has 0 spiro atoms.